The number of aliphatic hydroxyl groups excluding tert-OH is 1. The molecular weight excluding hydrogens is 388 g/mol. The molecule has 5 aliphatic rings. The van der Waals surface area contributed by atoms with Gasteiger partial charge in [0.05, 0.1) is 18.2 Å². The van der Waals surface area contributed by atoms with Crippen LogP contribution in [0, 0.1) is 0 Å². The number of imide groups is 1. The lowest BCUT2D eigenvalue weighted by molar-refractivity contribution is -0.115. The van der Waals surface area contributed by atoms with Crippen LogP contribution in [0.2, 0.25) is 0 Å². The Balaban J connectivity index is 1.52. The molecule has 30 heavy (non-hydrogen) atoms. The van der Waals surface area contributed by atoms with E-state index in [1.807, 2.05) is 6.92 Å². The first-order chi connectivity index (χ1) is 14.5. The molecule has 1 atom stereocenters. The van der Waals surface area contributed by atoms with Gasteiger partial charge in [0.1, 0.15) is 5.70 Å². The van der Waals surface area contributed by atoms with Gasteiger partial charge < -0.3 is 21.1 Å². The third-order valence-electron chi connectivity index (χ3n) is 6.07. The number of aliphatic imine (C=N–C) groups is 2. The van der Waals surface area contributed by atoms with Crippen molar-refractivity contribution < 1.29 is 14.7 Å². The van der Waals surface area contributed by atoms with Crippen molar-refractivity contribution in [2.24, 2.45) is 9.98 Å². The van der Waals surface area contributed by atoms with Crippen molar-refractivity contribution in [3.8, 4) is 0 Å². The number of amides is 3. The van der Waals surface area contributed by atoms with Crippen molar-refractivity contribution in [3.05, 3.63) is 23.2 Å². The highest BCUT2D eigenvalue weighted by Gasteiger charge is 2.39. The number of hydrazine groups is 1. The highest BCUT2D eigenvalue weighted by Crippen LogP contribution is 2.31. The van der Waals surface area contributed by atoms with E-state index in [1.54, 1.807) is 11.1 Å². The lowest BCUT2D eigenvalue weighted by Gasteiger charge is -2.32. The van der Waals surface area contributed by atoms with E-state index >= 15 is 0 Å². The normalized spacial score (nSPS) is 28.9. The molecule has 1 unspecified atom stereocenters. The number of carbonyl (C=O) groups excluding carboxylic acids is 2. The number of nitrogens with one attached hydrogen (secondary N) is 5. The van der Waals surface area contributed by atoms with E-state index in [1.165, 1.54) is 0 Å². The highest BCUT2D eigenvalue weighted by molar-refractivity contribution is 6.12. The Morgan fingerprint density at radius 2 is 2.00 bits per heavy atom. The van der Waals surface area contributed by atoms with E-state index < -0.39 is 17.5 Å². The standard InChI is InChI=1S/C19H26N8O3/c1-10-12(8-13-15(29)23-18(30)21-13)14-22-16(25-19(9-28)6-2-3-7-19)24-17(27(14)26-10)20-11-4-5-11/h8,10-11,26,28H,2-7,9H2,1H3,(H2,20,22,24,25)(H2,21,23,29,30)/b13-8-. The number of guanidine groups is 2. The molecule has 0 aromatic rings. The molecule has 5 rings (SSSR count). The van der Waals surface area contributed by atoms with Gasteiger partial charge in [0.25, 0.3) is 5.91 Å². The van der Waals surface area contributed by atoms with Crippen LogP contribution in [0.25, 0.3) is 0 Å². The predicted octanol–water partition coefficient (Wildman–Crippen LogP) is -0.498. The average molecular weight is 414 g/mol. The van der Waals surface area contributed by atoms with Crippen molar-refractivity contribution in [2.45, 2.75) is 63.1 Å². The minimum atomic E-state index is -0.536. The number of hydrogen-bond acceptors (Lipinski definition) is 9. The monoisotopic (exact) mass is 414 g/mol. The summed E-state index contributed by atoms with van der Waals surface area (Å²) in [6, 6.07) is -0.307. The SMILES string of the molecule is CC1NN2C(NC3CC3)=NC(NC3(CO)CCCC3)=NC2=C1/C=C1\NC(=O)NC1=O. The van der Waals surface area contributed by atoms with Crippen LogP contribution in [0.5, 0.6) is 0 Å². The van der Waals surface area contributed by atoms with Crippen LogP contribution in [0.3, 0.4) is 0 Å². The van der Waals surface area contributed by atoms with Crippen molar-refractivity contribution in [3.63, 3.8) is 0 Å². The maximum Gasteiger partial charge on any atom is 0.326 e. The Labute approximate surface area is 173 Å². The molecule has 3 aliphatic heterocycles. The van der Waals surface area contributed by atoms with Crippen molar-refractivity contribution in [1.29, 1.82) is 0 Å². The van der Waals surface area contributed by atoms with E-state index in [9.17, 15) is 14.7 Å². The molecule has 3 fully saturated rings. The zero-order chi connectivity index (χ0) is 20.9. The molecule has 3 heterocycles. The quantitative estimate of drug-likeness (QED) is 0.269. The second-order valence-corrected chi connectivity index (χ2v) is 8.49. The zero-order valence-electron chi connectivity index (χ0n) is 16.8. The van der Waals surface area contributed by atoms with Crippen molar-refractivity contribution in [2.75, 3.05) is 6.61 Å². The van der Waals surface area contributed by atoms with Gasteiger partial charge in [0.15, 0.2) is 5.82 Å². The van der Waals surface area contributed by atoms with E-state index in [-0.39, 0.29) is 18.3 Å². The average Bonchev–Trinajstić information content (AvgIpc) is 3.16. The van der Waals surface area contributed by atoms with Crippen molar-refractivity contribution in [1.82, 2.24) is 31.7 Å². The molecule has 11 nitrogen and oxygen atoms in total. The highest BCUT2D eigenvalue weighted by atomic mass is 16.3. The third kappa shape index (κ3) is 3.43. The van der Waals surface area contributed by atoms with Crippen LogP contribution in [-0.4, -0.2) is 58.2 Å². The van der Waals surface area contributed by atoms with Gasteiger partial charge in [-0.05, 0) is 38.7 Å². The van der Waals surface area contributed by atoms with Gasteiger partial charge in [-0.2, -0.15) is 9.98 Å². The number of nitrogens with zero attached hydrogens (tertiary/aromatic N) is 3. The van der Waals surface area contributed by atoms with Crippen LogP contribution in [0.1, 0.15) is 45.4 Å². The second kappa shape index (κ2) is 7.10. The first-order valence-corrected chi connectivity index (χ1v) is 10.4. The van der Waals surface area contributed by atoms with E-state index in [4.69, 9.17) is 4.99 Å². The Hall–Kier alpha value is -2.92. The number of hydrogen-bond donors (Lipinski definition) is 6. The molecule has 0 bridgehead atoms. The summed E-state index contributed by atoms with van der Waals surface area (Å²) >= 11 is 0. The molecule has 160 valence electrons. The molecular formula is C19H26N8O3. The number of rotatable bonds is 4. The first kappa shape index (κ1) is 19.1. The van der Waals surface area contributed by atoms with Crippen LogP contribution in [0.4, 0.5) is 4.79 Å². The maximum atomic E-state index is 12.0. The largest absolute Gasteiger partial charge is 0.394 e. The Bertz CT molecular complexity index is 911. The molecule has 0 radical (unpaired) electrons. The summed E-state index contributed by atoms with van der Waals surface area (Å²) in [5, 5.41) is 23.3. The van der Waals surface area contributed by atoms with Crippen LogP contribution < -0.4 is 26.7 Å². The molecule has 6 N–H and O–H groups in total. The lowest BCUT2D eigenvalue weighted by Crippen LogP contribution is -2.54. The number of carbonyl (C=O) groups is 2. The maximum absolute atomic E-state index is 12.0. The topological polar surface area (TPSA) is 142 Å². The molecule has 0 spiro atoms. The van der Waals surface area contributed by atoms with Crippen LogP contribution in [0.15, 0.2) is 33.2 Å². The zero-order valence-corrected chi connectivity index (χ0v) is 16.8. The van der Waals surface area contributed by atoms with Gasteiger partial charge in [-0.3, -0.25) is 10.1 Å². The summed E-state index contributed by atoms with van der Waals surface area (Å²) in [5.74, 6) is 1.21. The summed E-state index contributed by atoms with van der Waals surface area (Å²) < 4.78 is 0. The van der Waals surface area contributed by atoms with Crippen molar-refractivity contribution >= 4 is 23.9 Å². The van der Waals surface area contributed by atoms with E-state index in [0.29, 0.717) is 23.8 Å². The molecule has 2 aliphatic carbocycles. The van der Waals surface area contributed by atoms with Crippen LogP contribution >= 0.6 is 0 Å². The van der Waals surface area contributed by atoms with Crippen LogP contribution in [-0.2, 0) is 4.79 Å². The van der Waals surface area contributed by atoms with E-state index in [2.05, 4.69) is 31.7 Å². The number of urea groups is 1. The Morgan fingerprint density at radius 3 is 2.63 bits per heavy atom. The van der Waals surface area contributed by atoms with Gasteiger partial charge in [0, 0.05) is 11.6 Å². The fraction of sp³-hybridized carbons (Fsp3) is 0.579. The molecule has 3 amide bonds. The molecule has 0 aromatic heterocycles. The Morgan fingerprint density at radius 1 is 1.23 bits per heavy atom. The van der Waals surface area contributed by atoms with Gasteiger partial charge in [-0.25, -0.2) is 15.2 Å². The summed E-state index contributed by atoms with van der Waals surface area (Å²) in [4.78, 5) is 32.9. The fourth-order valence-electron chi connectivity index (χ4n) is 4.20. The minimum Gasteiger partial charge on any atom is -0.394 e. The molecule has 2 saturated carbocycles. The summed E-state index contributed by atoms with van der Waals surface area (Å²) in [7, 11) is 0. The summed E-state index contributed by atoms with van der Waals surface area (Å²) in [5.41, 5.74) is 3.85. The van der Waals surface area contributed by atoms with Gasteiger partial charge >= 0.3 is 6.03 Å². The van der Waals surface area contributed by atoms with E-state index in [0.717, 1.165) is 44.1 Å². The number of fused-ring (bicyclic) bond motifs is 1. The summed E-state index contributed by atoms with van der Waals surface area (Å²) in [6.45, 7) is 1.98. The van der Waals surface area contributed by atoms with Gasteiger partial charge in [-0.15, -0.1) is 0 Å². The van der Waals surface area contributed by atoms with Gasteiger partial charge in [0.2, 0.25) is 11.9 Å². The third-order valence-corrected chi connectivity index (χ3v) is 6.07. The lowest BCUT2D eigenvalue weighted by atomic mass is 9.99. The molecule has 1 saturated heterocycles. The predicted molar refractivity (Wildman–Crippen MR) is 109 cm³/mol. The molecule has 11 heteroatoms. The minimum absolute atomic E-state index is 0.0213. The fourth-order valence-corrected chi connectivity index (χ4v) is 4.20. The van der Waals surface area contributed by atoms with Gasteiger partial charge in [-0.1, -0.05) is 12.8 Å². The summed E-state index contributed by atoms with van der Waals surface area (Å²) in [6.07, 6.45) is 7.66. The Kier molecular flexibility index (Phi) is 4.51. The number of aliphatic hydroxyl groups is 1. The smallest absolute Gasteiger partial charge is 0.326 e. The first-order valence-electron chi connectivity index (χ1n) is 10.4. The molecule has 0 aromatic carbocycles. The second-order valence-electron chi connectivity index (χ2n) is 8.49.